The smallest absolute Gasteiger partial charge is 0.0545 e. The third kappa shape index (κ3) is 1.20. The highest BCUT2D eigenvalue weighted by Crippen LogP contribution is 2.08. The van der Waals surface area contributed by atoms with Gasteiger partial charge in [0.15, 0.2) is 0 Å². The summed E-state index contributed by atoms with van der Waals surface area (Å²) in [5.41, 5.74) is 0. The molecule has 1 saturated heterocycles. The standard InChI is InChI=1S/C5H9NO2/c7-6-3-5-1-2-8-4-5/h3,5,7H,1-2,4H2/b6-3-/t5-/m0/s1. The maximum atomic E-state index is 8.04. The van der Waals surface area contributed by atoms with Crippen molar-refractivity contribution in [2.75, 3.05) is 13.2 Å². The van der Waals surface area contributed by atoms with Crippen LogP contribution in [0.25, 0.3) is 0 Å². The van der Waals surface area contributed by atoms with Crippen LogP contribution in [-0.2, 0) is 4.74 Å². The van der Waals surface area contributed by atoms with Crippen LogP contribution in [0.3, 0.4) is 0 Å². The topological polar surface area (TPSA) is 41.8 Å². The summed E-state index contributed by atoms with van der Waals surface area (Å²) in [4.78, 5) is 0. The molecule has 0 aliphatic carbocycles. The molecule has 0 aromatic carbocycles. The Bertz CT molecular complexity index is 86.4. The van der Waals surface area contributed by atoms with Crippen LogP contribution in [0.1, 0.15) is 6.42 Å². The van der Waals surface area contributed by atoms with Crippen LogP contribution < -0.4 is 0 Å². The Labute approximate surface area is 48.0 Å². The first-order valence-electron chi connectivity index (χ1n) is 2.69. The fourth-order valence-corrected chi connectivity index (χ4v) is 0.765. The zero-order valence-electron chi connectivity index (χ0n) is 4.58. The predicted molar refractivity (Wildman–Crippen MR) is 29.2 cm³/mol. The fourth-order valence-electron chi connectivity index (χ4n) is 0.765. The highest BCUT2D eigenvalue weighted by atomic mass is 16.5. The van der Waals surface area contributed by atoms with E-state index < -0.39 is 0 Å². The van der Waals surface area contributed by atoms with Gasteiger partial charge in [0.1, 0.15) is 0 Å². The second kappa shape index (κ2) is 2.67. The normalized spacial score (nSPS) is 29.8. The molecular weight excluding hydrogens is 106 g/mol. The van der Waals surface area contributed by atoms with Crippen molar-refractivity contribution in [3.05, 3.63) is 0 Å². The quantitative estimate of drug-likeness (QED) is 0.307. The molecule has 1 heterocycles. The molecule has 0 aromatic heterocycles. The fraction of sp³-hybridized carbons (Fsp3) is 0.800. The van der Waals surface area contributed by atoms with Crippen LogP contribution in [0.2, 0.25) is 0 Å². The highest BCUT2D eigenvalue weighted by Gasteiger charge is 2.12. The van der Waals surface area contributed by atoms with Gasteiger partial charge in [0, 0.05) is 18.7 Å². The summed E-state index contributed by atoms with van der Waals surface area (Å²) in [6.07, 6.45) is 2.51. The van der Waals surface area contributed by atoms with E-state index in [0.29, 0.717) is 12.5 Å². The average Bonchev–Trinajstić information content (AvgIpc) is 2.19. The lowest BCUT2D eigenvalue weighted by Gasteiger charge is -1.92. The third-order valence-electron chi connectivity index (χ3n) is 1.24. The molecule has 1 atom stereocenters. The van der Waals surface area contributed by atoms with Gasteiger partial charge in [-0.1, -0.05) is 0 Å². The van der Waals surface area contributed by atoms with E-state index >= 15 is 0 Å². The Balaban J connectivity index is 2.24. The SMILES string of the molecule is O/N=C\[C@@H]1CCOC1. The maximum absolute atomic E-state index is 8.04. The molecule has 0 spiro atoms. The first-order chi connectivity index (χ1) is 3.93. The Hall–Kier alpha value is -0.570. The molecule has 0 radical (unpaired) electrons. The lowest BCUT2D eigenvalue weighted by molar-refractivity contribution is 0.193. The summed E-state index contributed by atoms with van der Waals surface area (Å²) in [5.74, 6) is 0.347. The van der Waals surface area contributed by atoms with Gasteiger partial charge in [0.2, 0.25) is 0 Å². The Kier molecular flexibility index (Phi) is 1.86. The van der Waals surface area contributed by atoms with Crippen molar-refractivity contribution in [1.29, 1.82) is 0 Å². The summed E-state index contributed by atoms with van der Waals surface area (Å²) >= 11 is 0. The van der Waals surface area contributed by atoms with Crippen LogP contribution in [0.5, 0.6) is 0 Å². The number of rotatable bonds is 1. The van der Waals surface area contributed by atoms with Gasteiger partial charge in [-0.15, -0.1) is 5.16 Å². The highest BCUT2D eigenvalue weighted by molar-refractivity contribution is 5.60. The van der Waals surface area contributed by atoms with Crippen molar-refractivity contribution < 1.29 is 9.94 Å². The number of nitrogens with zero attached hydrogens (tertiary/aromatic N) is 1. The predicted octanol–water partition coefficient (Wildman–Crippen LogP) is 0.483. The van der Waals surface area contributed by atoms with Gasteiger partial charge in [-0.05, 0) is 6.42 Å². The minimum absolute atomic E-state index is 0.347. The largest absolute Gasteiger partial charge is 0.411 e. The van der Waals surface area contributed by atoms with Crippen molar-refractivity contribution in [2.45, 2.75) is 6.42 Å². The van der Waals surface area contributed by atoms with Gasteiger partial charge in [-0.25, -0.2) is 0 Å². The van der Waals surface area contributed by atoms with E-state index in [4.69, 9.17) is 9.94 Å². The molecular formula is C5H9NO2. The van der Waals surface area contributed by atoms with Crippen LogP contribution in [0.4, 0.5) is 0 Å². The molecule has 1 fully saturated rings. The van der Waals surface area contributed by atoms with Gasteiger partial charge >= 0.3 is 0 Å². The lowest BCUT2D eigenvalue weighted by Crippen LogP contribution is -1.99. The second-order valence-corrected chi connectivity index (χ2v) is 1.89. The zero-order valence-corrected chi connectivity index (χ0v) is 4.58. The first kappa shape index (κ1) is 5.56. The third-order valence-corrected chi connectivity index (χ3v) is 1.24. The van der Waals surface area contributed by atoms with Crippen LogP contribution in [0, 0.1) is 5.92 Å². The van der Waals surface area contributed by atoms with E-state index in [-0.39, 0.29) is 0 Å². The number of hydrogen-bond acceptors (Lipinski definition) is 3. The van der Waals surface area contributed by atoms with Gasteiger partial charge < -0.3 is 9.94 Å². The Morgan fingerprint density at radius 1 is 1.75 bits per heavy atom. The van der Waals surface area contributed by atoms with E-state index in [1.54, 1.807) is 0 Å². The van der Waals surface area contributed by atoms with Crippen LogP contribution in [0.15, 0.2) is 5.16 Å². The summed E-state index contributed by atoms with van der Waals surface area (Å²) < 4.78 is 5.01. The Morgan fingerprint density at radius 2 is 2.62 bits per heavy atom. The number of hydrogen-bond donors (Lipinski definition) is 1. The van der Waals surface area contributed by atoms with Gasteiger partial charge in [0.05, 0.1) is 6.61 Å². The van der Waals surface area contributed by atoms with E-state index in [1.165, 1.54) is 6.21 Å². The monoisotopic (exact) mass is 115 g/mol. The summed E-state index contributed by atoms with van der Waals surface area (Å²) in [6, 6.07) is 0. The lowest BCUT2D eigenvalue weighted by atomic mass is 10.1. The van der Waals surface area contributed by atoms with Crippen molar-refractivity contribution >= 4 is 6.21 Å². The molecule has 3 heteroatoms. The molecule has 0 saturated carbocycles. The van der Waals surface area contributed by atoms with Crippen molar-refractivity contribution in [3.8, 4) is 0 Å². The summed E-state index contributed by atoms with van der Waals surface area (Å²) in [7, 11) is 0. The molecule has 46 valence electrons. The summed E-state index contributed by atoms with van der Waals surface area (Å²) in [5, 5.41) is 11.0. The summed E-state index contributed by atoms with van der Waals surface area (Å²) in [6.45, 7) is 1.51. The number of oxime groups is 1. The van der Waals surface area contributed by atoms with E-state index in [0.717, 1.165) is 13.0 Å². The van der Waals surface area contributed by atoms with Gasteiger partial charge in [0.25, 0.3) is 0 Å². The molecule has 0 bridgehead atoms. The van der Waals surface area contributed by atoms with Crippen LogP contribution >= 0.6 is 0 Å². The average molecular weight is 115 g/mol. The van der Waals surface area contributed by atoms with E-state index in [9.17, 15) is 0 Å². The molecule has 1 N–H and O–H groups in total. The molecule has 0 aromatic rings. The van der Waals surface area contributed by atoms with Gasteiger partial charge in [-0.2, -0.15) is 0 Å². The number of ether oxygens (including phenoxy) is 1. The van der Waals surface area contributed by atoms with E-state index in [1.807, 2.05) is 0 Å². The molecule has 1 aliphatic heterocycles. The maximum Gasteiger partial charge on any atom is 0.0545 e. The first-order valence-corrected chi connectivity index (χ1v) is 2.69. The van der Waals surface area contributed by atoms with Crippen LogP contribution in [-0.4, -0.2) is 24.6 Å². The molecule has 1 rings (SSSR count). The molecule has 0 amide bonds. The molecule has 3 nitrogen and oxygen atoms in total. The zero-order chi connectivity index (χ0) is 5.82. The Morgan fingerprint density at radius 3 is 3.12 bits per heavy atom. The molecule has 0 unspecified atom stereocenters. The van der Waals surface area contributed by atoms with Crippen molar-refractivity contribution in [2.24, 2.45) is 11.1 Å². The minimum Gasteiger partial charge on any atom is -0.411 e. The second-order valence-electron chi connectivity index (χ2n) is 1.89. The van der Waals surface area contributed by atoms with Crippen molar-refractivity contribution in [3.63, 3.8) is 0 Å². The van der Waals surface area contributed by atoms with Crippen molar-refractivity contribution in [1.82, 2.24) is 0 Å². The minimum atomic E-state index is 0.347. The molecule has 8 heavy (non-hydrogen) atoms. The molecule has 1 aliphatic rings. The van der Waals surface area contributed by atoms with E-state index in [2.05, 4.69) is 5.16 Å². The van der Waals surface area contributed by atoms with Gasteiger partial charge in [-0.3, -0.25) is 0 Å².